The number of amides is 2. The van der Waals surface area contributed by atoms with Crippen LogP contribution < -0.4 is 0 Å². The maximum absolute atomic E-state index is 11.9. The summed E-state index contributed by atoms with van der Waals surface area (Å²) in [5, 5.41) is 9.40. The highest BCUT2D eigenvalue weighted by molar-refractivity contribution is 6.01. The first-order chi connectivity index (χ1) is 8.66. The van der Waals surface area contributed by atoms with Gasteiger partial charge in [0.25, 0.3) is 5.91 Å². The fourth-order valence-corrected chi connectivity index (χ4v) is 1.88. The molecule has 2 amide bonds. The van der Waals surface area contributed by atoms with Gasteiger partial charge in [-0.3, -0.25) is 14.5 Å². The lowest BCUT2D eigenvalue weighted by molar-refractivity contribution is -0.143. The number of hydrogen-bond donors (Lipinski definition) is 1. The summed E-state index contributed by atoms with van der Waals surface area (Å²) in [6.45, 7) is 0.0585. The summed E-state index contributed by atoms with van der Waals surface area (Å²) in [6, 6.07) is 9.64. The Balaban J connectivity index is 1.92. The van der Waals surface area contributed by atoms with Crippen molar-refractivity contribution in [1.29, 1.82) is 0 Å². The van der Waals surface area contributed by atoms with Crippen molar-refractivity contribution in [2.75, 3.05) is 6.54 Å². The molecule has 0 fully saturated rings. The van der Waals surface area contributed by atoms with Gasteiger partial charge in [-0.2, -0.15) is 0 Å². The third-order valence-electron chi connectivity index (χ3n) is 2.87. The highest BCUT2D eigenvalue weighted by atomic mass is 16.3. The van der Waals surface area contributed by atoms with E-state index in [-0.39, 0.29) is 24.8 Å². The lowest BCUT2D eigenvalue weighted by Gasteiger charge is -2.24. The summed E-state index contributed by atoms with van der Waals surface area (Å²) < 4.78 is 0. The fraction of sp³-hybridized carbons (Fsp3) is 0.286. The Hall–Kier alpha value is -1.94. The smallest absolute Gasteiger partial charge is 0.253 e. The Morgan fingerprint density at radius 3 is 2.78 bits per heavy atom. The number of imide groups is 1. The van der Waals surface area contributed by atoms with Crippen LogP contribution in [0.2, 0.25) is 0 Å². The van der Waals surface area contributed by atoms with Gasteiger partial charge < -0.3 is 5.11 Å². The standard InChI is InChI=1S/C14H15NO3/c16-12-7-9-14(18)15(10-12)13(17)8-6-11-4-2-1-3-5-11/h1-5,7,9,12,16H,6,8,10H2/t12-/m0/s1. The highest BCUT2D eigenvalue weighted by Crippen LogP contribution is 2.09. The van der Waals surface area contributed by atoms with Crippen LogP contribution in [-0.4, -0.2) is 34.5 Å². The van der Waals surface area contributed by atoms with E-state index in [1.54, 1.807) is 0 Å². The van der Waals surface area contributed by atoms with Gasteiger partial charge in [0.05, 0.1) is 12.6 Å². The van der Waals surface area contributed by atoms with Gasteiger partial charge in [0.1, 0.15) is 0 Å². The van der Waals surface area contributed by atoms with Crippen LogP contribution in [0.3, 0.4) is 0 Å². The third kappa shape index (κ3) is 3.05. The molecule has 1 aliphatic heterocycles. The van der Waals surface area contributed by atoms with E-state index in [0.717, 1.165) is 10.5 Å². The molecule has 1 heterocycles. The van der Waals surface area contributed by atoms with E-state index in [2.05, 4.69) is 0 Å². The van der Waals surface area contributed by atoms with Gasteiger partial charge in [-0.25, -0.2) is 0 Å². The van der Waals surface area contributed by atoms with Crippen LogP contribution in [0.1, 0.15) is 12.0 Å². The van der Waals surface area contributed by atoms with Crippen LogP contribution in [0.4, 0.5) is 0 Å². The van der Waals surface area contributed by atoms with Crippen molar-refractivity contribution in [1.82, 2.24) is 4.90 Å². The molecular formula is C14H15NO3. The van der Waals surface area contributed by atoms with Crippen LogP contribution >= 0.6 is 0 Å². The summed E-state index contributed by atoms with van der Waals surface area (Å²) in [7, 11) is 0. The molecule has 0 spiro atoms. The van der Waals surface area contributed by atoms with Crippen molar-refractivity contribution in [3.8, 4) is 0 Å². The maximum atomic E-state index is 11.9. The quantitative estimate of drug-likeness (QED) is 0.861. The van der Waals surface area contributed by atoms with Crippen LogP contribution in [0, 0.1) is 0 Å². The second kappa shape index (κ2) is 5.60. The Labute approximate surface area is 106 Å². The number of aliphatic hydroxyl groups excluding tert-OH is 1. The Bertz CT molecular complexity index is 467. The van der Waals surface area contributed by atoms with Crippen LogP contribution in [-0.2, 0) is 16.0 Å². The molecule has 0 unspecified atom stereocenters. The number of benzene rings is 1. The zero-order chi connectivity index (χ0) is 13.0. The minimum atomic E-state index is -0.747. The molecule has 4 heteroatoms. The number of carbonyl (C=O) groups excluding carboxylic acids is 2. The molecule has 94 valence electrons. The van der Waals surface area contributed by atoms with Crippen molar-refractivity contribution in [2.24, 2.45) is 0 Å². The Morgan fingerprint density at radius 1 is 1.33 bits per heavy atom. The van der Waals surface area contributed by atoms with E-state index < -0.39 is 6.10 Å². The van der Waals surface area contributed by atoms with Crippen molar-refractivity contribution >= 4 is 11.8 Å². The van der Waals surface area contributed by atoms with E-state index in [1.807, 2.05) is 30.3 Å². The van der Waals surface area contributed by atoms with Gasteiger partial charge in [-0.1, -0.05) is 30.3 Å². The number of aliphatic hydroxyl groups is 1. The van der Waals surface area contributed by atoms with Crippen LogP contribution in [0.5, 0.6) is 0 Å². The number of aryl methyl sites for hydroxylation is 1. The van der Waals surface area contributed by atoms with Crippen molar-refractivity contribution in [3.63, 3.8) is 0 Å². The molecule has 0 saturated carbocycles. The Kier molecular flexibility index (Phi) is 3.89. The molecule has 1 aliphatic rings. The first-order valence-electron chi connectivity index (χ1n) is 5.91. The molecule has 0 aliphatic carbocycles. The average Bonchev–Trinajstić information content (AvgIpc) is 2.40. The first-order valence-corrected chi connectivity index (χ1v) is 5.91. The predicted molar refractivity (Wildman–Crippen MR) is 66.6 cm³/mol. The Morgan fingerprint density at radius 2 is 2.06 bits per heavy atom. The summed E-state index contributed by atoms with van der Waals surface area (Å²) in [6.07, 6.45) is 2.78. The fourth-order valence-electron chi connectivity index (χ4n) is 1.88. The monoisotopic (exact) mass is 245 g/mol. The van der Waals surface area contributed by atoms with Gasteiger partial charge in [0.2, 0.25) is 5.91 Å². The minimum absolute atomic E-state index is 0.0585. The molecule has 18 heavy (non-hydrogen) atoms. The third-order valence-corrected chi connectivity index (χ3v) is 2.87. The number of carbonyl (C=O) groups is 2. The zero-order valence-corrected chi connectivity index (χ0v) is 9.95. The number of rotatable bonds is 3. The van der Waals surface area contributed by atoms with E-state index >= 15 is 0 Å². The number of hydrogen-bond acceptors (Lipinski definition) is 3. The van der Waals surface area contributed by atoms with Gasteiger partial charge in [-0.05, 0) is 18.1 Å². The molecule has 4 nitrogen and oxygen atoms in total. The van der Waals surface area contributed by atoms with E-state index in [0.29, 0.717) is 6.42 Å². The molecular weight excluding hydrogens is 230 g/mol. The molecule has 0 aromatic heterocycles. The largest absolute Gasteiger partial charge is 0.387 e. The summed E-state index contributed by atoms with van der Waals surface area (Å²) in [5.74, 6) is -0.592. The second-order valence-corrected chi connectivity index (χ2v) is 4.25. The predicted octanol–water partition coefficient (Wildman–Crippen LogP) is 0.905. The SMILES string of the molecule is O=C1C=C[C@H](O)CN1C(=O)CCc1ccccc1. The summed E-state index contributed by atoms with van der Waals surface area (Å²) >= 11 is 0. The second-order valence-electron chi connectivity index (χ2n) is 4.25. The van der Waals surface area contributed by atoms with Crippen molar-refractivity contribution < 1.29 is 14.7 Å². The lowest BCUT2D eigenvalue weighted by Crippen LogP contribution is -2.43. The van der Waals surface area contributed by atoms with Crippen LogP contribution in [0.15, 0.2) is 42.5 Å². The molecule has 0 radical (unpaired) electrons. The molecule has 2 rings (SSSR count). The normalized spacial score (nSPS) is 19.1. The van der Waals surface area contributed by atoms with Gasteiger partial charge in [-0.15, -0.1) is 0 Å². The maximum Gasteiger partial charge on any atom is 0.253 e. The molecule has 1 aromatic rings. The molecule has 1 aromatic carbocycles. The minimum Gasteiger partial charge on any atom is -0.387 e. The van der Waals surface area contributed by atoms with Gasteiger partial charge >= 0.3 is 0 Å². The molecule has 1 atom stereocenters. The summed E-state index contributed by atoms with van der Waals surface area (Å²) in [5.41, 5.74) is 1.06. The topological polar surface area (TPSA) is 57.6 Å². The summed E-state index contributed by atoms with van der Waals surface area (Å²) in [4.78, 5) is 24.5. The van der Waals surface area contributed by atoms with Crippen molar-refractivity contribution in [2.45, 2.75) is 18.9 Å². The van der Waals surface area contributed by atoms with E-state index in [9.17, 15) is 14.7 Å². The molecule has 1 N–H and O–H groups in total. The van der Waals surface area contributed by atoms with E-state index in [4.69, 9.17) is 0 Å². The van der Waals surface area contributed by atoms with Gasteiger partial charge in [0, 0.05) is 12.5 Å². The van der Waals surface area contributed by atoms with Crippen LogP contribution in [0.25, 0.3) is 0 Å². The number of β-amino-alcohol motifs (C(OH)–C–C–N with tert-alkyl or cyclic N) is 1. The lowest BCUT2D eigenvalue weighted by atomic mass is 10.1. The zero-order valence-electron chi connectivity index (χ0n) is 9.95. The highest BCUT2D eigenvalue weighted by Gasteiger charge is 2.24. The van der Waals surface area contributed by atoms with E-state index in [1.165, 1.54) is 12.2 Å². The van der Waals surface area contributed by atoms with Crippen molar-refractivity contribution in [3.05, 3.63) is 48.0 Å². The van der Waals surface area contributed by atoms with Gasteiger partial charge in [0.15, 0.2) is 0 Å². The average molecular weight is 245 g/mol. The molecule has 0 bridgehead atoms. The number of nitrogens with zero attached hydrogens (tertiary/aromatic N) is 1. The first kappa shape index (κ1) is 12.5. The molecule has 0 saturated heterocycles.